The Morgan fingerprint density at radius 3 is 2.90 bits per heavy atom. The zero-order valence-corrected chi connectivity index (χ0v) is 7.65. The van der Waals surface area contributed by atoms with Crippen LogP contribution in [0.4, 0.5) is 0 Å². The maximum Gasteiger partial charge on any atom is 0.133 e. The highest BCUT2D eigenvalue weighted by Gasteiger charge is 2.16. The van der Waals surface area contributed by atoms with Crippen LogP contribution >= 0.6 is 15.9 Å². The van der Waals surface area contributed by atoms with Crippen LogP contribution in [0.1, 0.15) is 26.2 Å². The maximum absolute atomic E-state index is 10.9. The number of hydrogen-bond donors (Lipinski definition) is 0. The van der Waals surface area contributed by atoms with E-state index in [-0.39, 0.29) is 0 Å². The number of ketones is 1. The van der Waals surface area contributed by atoms with Crippen molar-refractivity contribution in [2.45, 2.75) is 26.2 Å². The number of Topliss-reactive ketones (excluding diaryl/α,β-unsaturated/α-hetero) is 1. The Morgan fingerprint density at radius 2 is 2.50 bits per heavy atom. The predicted octanol–water partition coefficient (Wildman–Crippen LogP) is 2.65. The SMILES string of the molecule is CC(=O)[C@@H]1CC=C(Br)CC1. The molecule has 56 valence electrons. The van der Waals surface area contributed by atoms with Crippen LogP contribution in [-0.2, 0) is 4.79 Å². The average Bonchev–Trinajstić information content (AvgIpc) is 1.88. The number of rotatable bonds is 1. The van der Waals surface area contributed by atoms with Gasteiger partial charge in [0, 0.05) is 5.92 Å². The van der Waals surface area contributed by atoms with Gasteiger partial charge >= 0.3 is 0 Å². The van der Waals surface area contributed by atoms with Gasteiger partial charge in [-0.15, -0.1) is 0 Å². The molecule has 2 heteroatoms. The van der Waals surface area contributed by atoms with Gasteiger partial charge in [0.15, 0.2) is 0 Å². The highest BCUT2D eigenvalue weighted by atomic mass is 79.9. The van der Waals surface area contributed by atoms with Crippen molar-refractivity contribution in [3.63, 3.8) is 0 Å². The summed E-state index contributed by atoms with van der Waals surface area (Å²) < 4.78 is 1.25. The quantitative estimate of drug-likeness (QED) is 0.640. The van der Waals surface area contributed by atoms with Crippen molar-refractivity contribution in [1.82, 2.24) is 0 Å². The van der Waals surface area contributed by atoms with E-state index in [0.29, 0.717) is 11.7 Å². The Bertz CT molecular complexity index is 172. The molecule has 0 amide bonds. The molecule has 0 aromatic rings. The summed E-state index contributed by atoms with van der Waals surface area (Å²) in [7, 11) is 0. The molecule has 0 N–H and O–H groups in total. The van der Waals surface area contributed by atoms with Crippen LogP contribution in [0.25, 0.3) is 0 Å². The van der Waals surface area contributed by atoms with E-state index in [0.717, 1.165) is 19.3 Å². The Balaban J connectivity index is 2.50. The van der Waals surface area contributed by atoms with Gasteiger partial charge in [-0.3, -0.25) is 4.79 Å². The molecule has 0 spiro atoms. The summed E-state index contributed by atoms with van der Waals surface area (Å²) in [5, 5.41) is 0. The average molecular weight is 203 g/mol. The van der Waals surface area contributed by atoms with Gasteiger partial charge in [0.05, 0.1) is 0 Å². The molecule has 1 nitrogen and oxygen atoms in total. The van der Waals surface area contributed by atoms with E-state index < -0.39 is 0 Å². The smallest absolute Gasteiger partial charge is 0.133 e. The summed E-state index contributed by atoms with van der Waals surface area (Å²) in [4.78, 5) is 10.9. The standard InChI is InChI=1S/C8H11BrO/c1-6(10)7-2-4-8(9)5-3-7/h4,7H,2-3,5H2,1H3/t7-/m1/s1. The lowest BCUT2D eigenvalue weighted by molar-refractivity contribution is -0.120. The monoisotopic (exact) mass is 202 g/mol. The van der Waals surface area contributed by atoms with Crippen molar-refractivity contribution in [1.29, 1.82) is 0 Å². The molecule has 0 aromatic heterocycles. The summed E-state index contributed by atoms with van der Waals surface area (Å²) in [5.74, 6) is 0.623. The largest absolute Gasteiger partial charge is 0.300 e. The second-order valence-electron chi connectivity index (χ2n) is 2.73. The lowest BCUT2D eigenvalue weighted by Crippen LogP contribution is -2.12. The van der Waals surface area contributed by atoms with Gasteiger partial charge in [0.1, 0.15) is 5.78 Å². The summed E-state index contributed by atoms with van der Waals surface area (Å²) >= 11 is 3.41. The summed E-state index contributed by atoms with van der Waals surface area (Å²) in [5.41, 5.74) is 0. The fraction of sp³-hybridized carbons (Fsp3) is 0.625. The van der Waals surface area contributed by atoms with Gasteiger partial charge in [0.25, 0.3) is 0 Å². The highest BCUT2D eigenvalue weighted by molar-refractivity contribution is 9.11. The third kappa shape index (κ3) is 1.94. The zero-order valence-electron chi connectivity index (χ0n) is 6.06. The fourth-order valence-corrected chi connectivity index (χ4v) is 1.59. The first kappa shape index (κ1) is 7.99. The van der Waals surface area contributed by atoms with Crippen LogP contribution in [0.3, 0.4) is 0 Å². The van der Waals surface area contributed by atoms with E-state index in [9.17, 15) is 4.79 Å². The topological polar surface area (TPSA) is 17.1 Å². The first-order chi connectivity index (χ1) is 4.70. The second kappa shape index (κ2) is 3.33. The van der Waals surface area contributed by atoms with Gasteiger partial charge < -0.3 is 0 Å². The van der Waals surface area contributed by atoms with Gasteiger partial charge in [-0.05, 0) is 30.7 Å². The van der Waals surface area contributed by atoms with Gasteiger partial charge in [-0.25, -0.2) is 0 Å². The van der Waals surface area contributed by atoms with Crippen LogP contribution in [0.2, 0.25) is 0 Å². The lowest BCUT2D eigenvalue weighted by atomic mass is 9.91. The van der Waals surface area contributed by atoms with Crippen molar-refractivity contribution >= 4 is 21.7 Å². The van der Waals surface area contributed by atoms with Crippen LogP contribution in [0.5, 0.6) is 0 Å². The highest BCUT2D eigenvalue weighted by Crippen LogP contribution is 2.27. The normalized spacial score (nSPS) is 25.8. The van der Waals surface area contributed by atoms with Crippen molar-refractivity contribution in [2.24, 2.45) is 5.92 Å². The van der Waals surface area contributed by atoms with Crippen molar-refractivity contribution in [2.75, 3.05) is 0 Å². The third-order valence-corrected chi connectivity index (χ3v) is 2.65. The first-order valence-electron chi connectivity index (χ1n) is 3.55. The van der Waals surface area contributed by atoms with E-state index in [1.54, 1.807) is 6.92 Å². The predicted molar refractivity (Wildman–Crippen MR) is 45.0 cm³/mol. The maximum atomic E-state index is 10.9. The van der Waals surface area contributed by atoms with E-state index in [1.807, 2.05) is 0 Å². The van der Waals surface area contributed by atoms with Crippen molar-refractivity contribution in [3.05, 3.63) is 10.6 Å². The van der Waals surface area contributed by atoms with Crippen LogP contribution in [-0.4, -0.2) is 5.78 Å². The molecule has 0 aliphatic heterocycles. The number of carbonyl (C=O) groups is 1. The Kier molecular flexibility index (Phi) is 2.66. The molecular formula is C8H11BrO. The number of halogens is 1. The van der Waals surface area contributed by atoms with Crippen molar-refractivity contribution in [3.8, 4) is 0 Å². The van der Waals surface area contributed by atoms with Gasteiger partial charge in [-0.1, -0.05) is 22.0 Å². The molecular weight excluding hydrogens is 192 g/mol. The molecule has 10 heavy (non-hydrogen) atoms. The van der Waals surface area contributed by atoms with Gasteiger partial charge in [0.2, 0.25) is 0 Å². The van der Waals surface area contributed by atoms with E-state index in [2.05, 4.69) is 22.0 Å². The minimum atomic E-state index is 0.293. The summed E-state index contributed by atoms with van der Waals surface area (Å²) in [6.07, 6.45) is 5.09. The van der Waals surface area contributed by atoms with E-state index >= 15 is 0 Å². The third-order valence-electron chi connectivity index (χ3n) is 1.93. The number of allylic oxidation sites excluding steroid dienone is 2. The van der Waals surface area contributed by atoms with Crippen LogP contribution in [0, 0.1) is 5.92 Å². The lowest BCUT2D eigenvalue weighted by Gasteiger charge is -2.15. The molecule has 0 radical (unpaired) electrons. The summed E-state index contributed by atoms with van der Waals surface area (Å²) in [6, 6.07) is 0. The second-order valence-corrected chi connectivity index (χ2v) is 3.75. The van der Waals surface area contributed by atoms with Crippen molar-refractivity contribution < 1.29 is 4.79 Å². The molecule has 1 rings (SSSR count). The Hall–Kier alpha value is -0.110. The molecule has 0 saturated heterocycles. The first-order valence-corrected chi connectivity index (χ1v) is 4.34. The summed E-state index contributed by atoms with van der Waals surface area (Å²) in [6.45, 7) is 1.68. The Morgan fingerprint density at radius 1 is 1.80 bits per heavy atom. The molecule has 0 aromatic carbocycles. The molecule has 0 heterocycles. The molecule has 1 aliphatic carbocycles. The number of carbonyl (C=O) groups excluding carboxylic acids is 1. The minimum absolute atomic E-state index is 0.293. The minimum Gasteiger partial charge on any atom is -0.300 e. The van der Waals surface area contributed by atoms with E-state index in [1.165, 1.54) is 4.48 Å². The zero-order chi connectivity index (χ0) is 7.56. The molecule has 0 bridgehead atoms. The molecule has 0 saturated carbocycles. The van der Waals surface area contributed by atoms with Crippen LogP contribution < -0.4 is 0 Å². The molecule has 0 unspecified atom stereocenters. The van der Waals surface area contributed by atoms with Crippen LogP contribution in [0.15, 0.2) is 10.6 Å². The molecule has 0 fully saturated rings. The van der Waals surface area contributed by atoms with E-state index in [4.69, 9.17) is 0 Å². The Labute approximate surface area is 69.6 Å². The van der Waals surface area contributed by atoms with Gasteiger partial charge in [-0.2, -0.15) is 0 Å². The number of hydrogen-bond acceptors (Lipinski definition) is 1. The molecule has 1 aliphatic rings. The molecule has 1 atom stereocenters. The fourth-order valence-electron chi connectivity index (χ4n) is 1.17.